The lowest BCUT2D eigenvalue weighted by Gasteiger charge is -2.43. The summed E-state index contributed by atoms with van der Waals surface area (Å²) in [4.78, 5) is 0. The first-order valence-corrected chi connectivity index (χ1v) is 7.58. The van der Waals surface area contributed by atoms with Crippen LogP contribution in [-0.2, 0) is 9.47 Å². The second-order valence-corrected chi connectivity index (χ2v) is 6.91. The highest BCUT2D eigenvalue weighted by atomic mass is 16.6. The van der Waals surface area contributed by atoms with Crippen LogP contribution in [0.15, 0.2) is 0 Å². The molecule has 4 nitrogen and oxygen atoms in total. The molecule has 0 bridgehead atoms. The molecule has 2 fully saturated rings. The average Bonchev–Trinajstić information content (AvgIpc) is 2.76. The molecule has 19 heavy (non-hydrogen) atoms. The first-order valence-electron chi connectivity index (χ1n) is 7.58. The van der Waals surface area contributed by atoms with Crippen molar-refractivity contribution in [3.63, 3.8) is 0 Å². The summed E-state index contributed by atoms with van der Waals surface area (Å²) in [6, 6.07) is 0. The second kappa shape index (κ2) is 6.08. The number of hydrogen-bond acceptors (Lipinski definition) is 4. The molecule has 0 aromatic rings. The fraction of sp³-hybridized carbons (Fsp3) is 1.00. The average molecular weight is 271 g/mol. The predicted octanol–water partition coefficient (Wildman–Crippen LogP) is 1.57. The molecule has 3 atom stereocenters. The summed E-state index contributed by atoms with van der Waals surface area (Å²) in [6.07, 6.45) is 2.83. The summed E-state index contributed by atoms with van der Waals surface area (Å²) in [5, 5.41) is 14.1. The third kappa shape index (κ3) is 3.91. The third-order valence-electron chi connectivity index (χ3n) is 4.48. The Morgan fingerprint density at radius 1 is 1.42 bits per heavy atom. The molecule has 2 heterocycles. The van der Waals surface area contributed by atoms with E-state index in [1.165, 1.54) is 0 Å². The van der Waals surface area contributed by atoms with Crippen molar-refractivity contribution in [1.82, 2.24) is 5.32 Å². The van der Waals surface area contributed by atoms with E-state index in [0.717, 1.165) is 39.0 Å². The van der Waals surface area contributed by atoms with Crippen LogP contribution in [0.25, 0.3) is 0 Å². The predicted molar refractivity (Wildman–Crippen MR) is 75.2 cm³/mol. The van der Waals surface area contributed by atoms with Gasteiger partial charge in [-0.05, 0) is 38.1 Å². The molecule has 112 valence electrons. The van der Waals surface area contributed by atoms with Crippen LogP contribution < -0.4 is 5.32 Å². The Hall–Kier alpha value is -0.160. The van der Waals surface area contributed by atoms with Crippen molar-refractivity contribution in [1.29, 1.82) is 0 Å². The maximum Gasteiger partial charge on any atom is 0.0940 e. The van der Waals surface area contributed by atoms with Gasteiger partial charge in [0.05, 0.1) is 17.8 Å². The molecule has 2 rings (SSSR count). The lowest BCUT2D eigenvalue weighted by Crippen LogP contribution is -2.52. The minimum atomic E-state index is -0.658. The Balaban J connectivity index is 1.88. The van der Waals surface area contributed by atoms with E-state index in [0.29, 0.717) is 25.0 Å². The van der Waals surface area contributed by atoms with Crippen LogP contribution in [-0.4, -0.2) is 49.2 Å². The SMILES string of the molecule is CC(C)CNCC(C)(O)C1CCOC2(CCOC2)C1. The maximum absolute atomic E-state index is 10.7. The van der Waals surface area contributed by atoms with Crippen LogP contribution >= 0.6 is 0 Å². The number of rotatable bonds is 5. The highest BCUT2D eigenvalue weighted by molar-refractivity contribution is 4.96. The van der Waals surface area contributed by atoms with Crippen molar-refractivity contribution < 1.29 is 14.6 Å². The van der Waals surface area contributed by atoms with Gasteiger partial charge < -0.3 is 19.9 Å². The Morgan fingerprint density at radius 3 is 2.84 bits per heavy atom. The summed E-state index contributed by atoms with van der Waals surface area (Å²) >= 11 is 0. The standard InChI is InChI=1S/C15H29NO3/c1-12(2)9-16-10-14(3,17)13-4-6-19-15(8-13)5-7-18-11-15/h12-13,16-17H,4-11H2,1-3H3. The van der Waals surface area contributed by atoms with E-state index in [4.69, 9.17) is 9.47 Å². The number of aliphatic hydroxyl groups is 1. The van der Waals surface area contributed by atoms with E-state index in [9.17, 15) is 5.11 Å². The van der Waals surface area contributed by atoms with Crippen molar-refractivity contribution in [3.8, 4) is 0 Å². The molecule has 0 amide bonds. The van der Waals surface area contributed by atoms with E-state index < -0.39 is 5.60 Å². The van der Waals surface area contributed by atoms with Crippen LogP contribution in [0.2, 0.25) is 0 Å². The van der Waals surface area contributed by atoms with Gasteiger partial charge in [-0.15, -0.1) is 0 Å². The summed E-state index contributed by atoms with van der Waals surface area (Å²) in [6.45, 7) is 10.2. The van der Waals surface area contributed by atoms with E-state index in [2.05, 4.69) is 19.2 Å². The molecule has 0 aromatic carbocycles. The number of nitrogens with one attached hydrogen (secondary N) is 1. The number of hydrogen-bond donors (Lipinski definition) is 2. The Morgan fingerprint density at radius 2 is 2.21 bits per heavy atom. The molecule has 3 unspecified atom stereocenters. The summed E-state index contributed by atoms with van der Waals surface area (Å²) in [5.41, 5.74) is -0.779. The molecule has 0 radical (unpaired) electrons. The van der Waals surface area contributed by atoms with Gasteiger partial charge in [-0.3, -0.25) is 0 Å². The Kier molecular flexibility index (Phi) is 4.88. The molecule has 2 saturated heterocycles. The van der Waals surface area contributed by atoms with Gasteiger partial charge in [0, 0.05) is 26.2 Å². The van der Waals surface area contributed by atoms with Crippen LogP contribution in [0, 0.1) is 11.8 Å². The molecular weight excluding hydrogens is 242 g/mol. The van der Waals surface area contributed by atoms with Gasteiger partial charge >= 0.3 is 0 Å². The highest BCUT2D eigenvalue weighted by Gasteiger charge is 2.45. The highest BCUT2D eigenvalue weighted by Crippen LogP contribution is 2.39. The Labute approximate surface area is 116 Å². The second-order valence-electron chi connectivity index (χ2n) is 6.91. The molecular formula is C15H29NO3. The first-order chi connectivity index (χ1) is 8.94. The van der Waals surface area contributed by atoms with Crippen molar-refractivity contribution in [2.45, 2.75) is 51.2 Å². The largest absolute Gasteiger partial charge is 0.389 e. The van der Waals surface area contributed by atoms with Crippen LogP contribution in [0.1, 0.15) is 40.0 Å². The molecule has 0 saturated carbocycles. The minimum Gasteiger partial charge on any atom is -0.389 e. The van der Waals surface area contributed by atoms with Crippen molar-refractivity contribution in [2.24, 2.45) is 11.8 Å². The van der Waals surface area contributed by atoms with Gasteiger partial charge in [0.1, 0.15) is 0 Å². The smallest absolute Gasteiger partial charge is 0.0940 e. The molecule has 0 aliphatic carbocycles. The molecule has 0 aromatic heterocycles. The fourth-order valence-corrected chi connectivity index (χ4v) is 3.18. The monoisotopic (exact) mass is 271 g/mol. The third-order valence-corrected chi connectivity index (χ3v) is 4.48. The lowest BCUT2D eigenvalue weighted by atomic mass is 9.76. The van der Waals surface area contributed by atoms with Gasteiger partial charge in [-0.25, -0.2) is 0 Å². The normalized spacial score (nSPS) is 34.9. The Bertz CT molecular complexity index is 285. The van der Waals surface area contributed by atoms with E-state index in [-0.39, 0.29) is 5.60 Å². The quantitative estimate of drug-likeness (QED) is 0.797. The zero-order valence-corrected chi connectivity index (χ0v) is 12.6. The molecule has 4 heteroatoms. The van der Waals surface area contributed by atoms with Crippen molar-refractivity contribution in [3.05, 3.63) is 0 Å². The fourth-order valence-electron chi connectivity index (χ4n) is 3.18. The zero-order valence-electron chi connectivity index (χ0n) is 12.6. The van der Waals surface area contributed by atoms with Gasteiger partial charge in [0.25, 0.3) is 0 Å². The summed E-state index contributed by atoms with van der Waals surface area (Å²) < 4.78 is 11.4. The minimum absolute atomic E-state index is 0.120. The lowest BCUT2D eigenvalue weighted by molar-refractivity contribution is -0.137. The molecule has 2 aliphatic heterocycles. The first kappa shape index (κ1) is 15.2. The molecule has 2 N–H and O–H groups in total. The van der Waals surface area contributed by atoms with Crippen molar-refractivity contribution in [2.75, 3.05) is 32.9 Å². The zero-order chi connectivity index (χ0) is 13.9. The van der Waals surface area contributed by atoms with Gasteiger partial charge in [-0.1, -0.05) is 13.8 Å². The van der Waals surface area contributed by atoms with Crippen LogP contribution in [0.3, 0.4) is 0 Å². The number of ether oxygens (including phenoxy) is 2. The maximum atomic E-state index is 10.7. The van der Waals surface area contributed by atoms with Crippen LogP contribution in [0.4, 0.5) is 0 Å². The van der Waals surface area contributed by atoms with Crippen LogP contribution in [0.5, 0.6) is 0 Å². The topological polar surface area (TPSA) is 50.7 Å². The van der Waals surface area contributed by atoms with E-state index >= 15 is 0 Å². The summed E-state index contributed by atoms with van der Waals surface area (Å²) in [5.74, 6) is 0.905. The van der Waals surface area contributed by atoms with Gasteiger partial charge in [0.15, 0.2) is 0 Å². The molecule has 1 spiro atoms. The van der Waals surface area contributed by atoms with Crippen molar-refractivity contribution >= 4 is 0 Å². The summed E-state index contributed by atoms with van der Waals surface area (Å²) in [7, 11) is 0. The van der Waals surface area contributed by atoms with Gasteiger partial charge in [-0.2, -0.15) is 0 Å². The molecule has 2 aliphatic rings. The van der Waals surface area contributed by atoms with E-state index in [1.807, 2.05) is 6.92 Å². The van der Waals surface area contributed by atoms with Gasteiger partial charge in [0.2, 0.25) is 0 Å². The van der Waals surface area contributed by atoms with E-state index in [1.54, 1.807) is 0 Å².